The van der Waals surface area contributed by atoms with Crippen molar-refractivity contribution in [3.8, 4) is 0 Å². The largest absolute Gasteiger partial charge is 0.480 e. The number of aliphatic carboxylic acids is 1. The molecule has 0 unspecified atom stereocenters. The van der Waals surface area contributed by atoms with E-state index in [4.69, 9.17) is 10.8 Å². The second-order valence-corrected chi connectivity index (χ2v) is 2.68. The summed E-state index contributed by atoms with van der Waals surface area (Å²) in [6.45, 7) is -0.343. The van der Waals surface area contributed by atoms with Gasteiger partial charge in [-0.2, -0.15) is 0 Å². The number of nitrogens with one attached hydrogen (secondary N) is 1. The van der Waals surface area contributed by atoms with Gasteiger partial charge < -0.3 is 15.8 Å². The van der Waals surface area contributed by atoms with Crippen LogP contribution in [-0.2, 0) is 11.3 Å². The molecule has 0 saturated heterocycles. The van der Waals surface area contributed by atoms with E-state index in [1.807, 2.05) is 0 Å². The Labute approximate surface area is 77.8 Å². The van der Waals surface area contributed by atoms with Gasteiger partial charge in [-0.3, -0.25) is 14.2 Å². The van der Waals surface area contributed by atoms with Gasteiger partial charge in [-0.25, -0.2) is 4.79 Å². The summed E-state index contributed by atoms with van der Waals surface area (Å²) >= 11 is 0. The molecular weight excluding hydrogens is 190 g/mol. The molecule has 0 spiro atoms. The fourth-order valence-corrected chi connectivity index (χ4v) is 0.900. The van der Waals surface area contributed by atoms with E-state index in [1.54, 1.807) is 0 Å². The minimum Gasteiger partial charge on any atom is -0.480 e. The van der Waals surface area contributed by atoms with Crippen LogP contribution in [0.4, 0.5) is 0 Å². The maximum absolute atomic E-state index is 11.1. The van der Waals surface area contributed by atoms with Gasteiger partial charge in [0, 0.05) is 12.3 Å². The number of nitrogens with two attached hydrogens (primary N) is 1. The summed E-state index contributed by atoms with van der Waals surface area (Å²) in [5, 5.41) is 8.47. The highest BCUT2D eigenvalue weighted by molar-refractivity contribution is 5.72. The Balaban J connectivity index is 3.03. The molecule has 76 valence electrons. The maximum Gasteiger partial charge on any atom is 0.328 e. The molecule has 1 rings (SSSR count). The van der Waals surface area contributed by atoms with Crippen molar-refractivity contribution in [2.45, 2.75) is 12.6 Å². The number of hydrogen-bond acceptors (Lipinski definition) is 4. The first-order chi connectivity index (χ1) is 6.52. The highest BCUT2D eigenvalue weighted by atomic mass is 16.4. The zero-order chi connectivity index (χ0) is 10.7. The third kappa shape index (κ3) is 2.07. The number of carbonyl (C=O) groups is 1. The van der Waals surface area contributed by atoms with E-state index in [0.717, 1.165) is 10.6 Å². The van der Waals surface area contributed by atoms with Crippen molar-refractivity contribution in [1.82, 2.24) is 9.55 Å². The van der Waals surface area contributed by atoms with Crippen molar-refractivity contribution < 1.29 is 9.90 Å². The summed E-state index contributed by atoms with van der Waals surface area (Å²) in [5.74, 6) is -1.26. The summed E-state index contributed by atoms with van der Waals surface area (Å²) in [6.07, 6.45) is 1.19. The molecule has 0 aliphatic carbocycles. The molecule has 4 N–H and O–H groups in total. The lowest BCUT2D eigenvalue weighted by Crippen LogP contribution is -2.43. The number of aromatic amines is 1. The Morgan fingerprint density at radius 2 is 2.29 bits per heavy atom. The molecule has 0 aromatic carbocycles. The van der Waals surface area contributed by atoms with Gasteiger partial charge in [-0.1, -0.05) is 0 Å². The lowest BCUT2D eigenvalue weighted by molar-refractivity contribution is -0.138. The number of carboxylic acid groups (broad SMARTS) is 1. The van der Waals surface area contributed by atoms with Gasteiger partial charge >= 0.3 is 11.7 Å². The molecule has 1 heterocycles. The van der Waals surface area contributed by atoms with Crippen LogP contribution in [0.5, 0.6) is 0 Å². The van der Waals surface area contributed by atoms with Gasteiger partial charge in [-0.15, -0.1) is 0 Å². The van der Waals surface area contributed by atoms with Gasteiger partial charge in [0.1, 0.15) is 6.04 Å². The van der Waals surface area contributed by atoms with E-state index in [1.165, 1.54) is 6.20 Å². The van der Waals surface area contributed by atoms with E-state index in [2.05, 4.69) is 4.98 Å². The molecule has 0 fully saturated rings. The molecule has 0 aliphatic rings. The van der Waals surface area contributed by atoms with Crippen LogP contribution in [0.15, 0.2) is 21.9 Å². The van der Waals surface area contributed by atoms with Gasteiger partial charge in [0.15, 0.2) is 0 Å². The summed E-state index contributed by atoms with van der Waals surface area (Å²) < 4.78 is 0.735. The molecule has 1 atom stereocenters. The molecular formula is C7H9N3O4. The predicted molar refractivity (Wildman–Crippen MR) is 46.9 cm³/mol. The standard InChI is InChI=1S/C7H9N3O4/c8-4(6(12)13)3-10-5(11)1-2-9-7(10)14/h1-2,4H,3,8H2,(H,9,14)(H,12,13)/t4-/m0/s1. The van der Waals surface area contributed by atoms with Crippen LogP contribution >= 0.6 is 0 Å². The molecule has 7 nitrogen and oxygen atoms in total. The van der Waals surface area contributed by atoms with Crippen LogP contribution in [0.3, 0.4) is 0 Å². The third-order valence-electron chi connectivity index (χ3n) is 1.64. The number of H-pyrrole nitrogens is 1. The van der Waals surface area contributed by atoms with Crippen molar-refractivity contribution in [1.29, 1.82) is 0 Å². The molecule has 7 heteroatoms. The highest BCUT2D eigenvalue weighted by Crippen LogP contribution is 1.81. The first-order valence-electron chi connectivity index (χ1n) is 3.79. The van der Waals surface area contributed by atoms with Crippen LogP contribution in [0.1, 0.15) is 0 Å². The monoisotopic (exact) mass is 199 g/mol. The van der Waals surface area contributed by atoms with Crippen LogP contribution in [-0.4, -0.2) is 26.7 Å². The number of aromatic nitrogens is 2. The topological polar surface area (TPSA) is 118 Å². The molecule has 0 aliphatic heterocycles. The number of nitrogens with zero attached hydrogens (tertiary/aromatic N) is 1. The Morgan fingerprint density at radius 1 is 1.64 bits per heavy atom. The molecule has 0 radical (unpaired) electrons. The zero-order valence-corrected chi connectivity index (χ0v) is 7.14. The normalized spacial score (nSPS) is 12.4. The van der Waals surface area contributed by atoms with E-state index in [0.29, 0.717) is 0 Å². The van der Waals surface area contributed by atoms with Gasteiger partial charge in [0.25, 0.3) is 5.56 Å². The average Bonchev–Trinajstić information content (AvgIpc) is 2.11. The van der Waals surface area contributed by atoms with Crippen molar-refractivity contribution in [2.24, 2.45) is 5.73 Å². The van der Waals surface area contributed by atoms with Crippen LogP contribution in [0.2, 0.25) is 0 Å². The van der Waals surface area contributed by atoms with Gasteiger partial charge in [-0.05, 0) is 0 Å². The van der Waals surface area contributed by atoms with Crippen molar-refractivity contribution in [2.75, 3.05) is 0 Å². The number of carboxylic acids is 1. The Hall–Kier alpha value is -1.89. The molecule has 1 aromatic heterocycles. The summed E-state index contributed by atoms with van der Waals surface area (Å²) in [4.78, 5) is 34.8. The van der Waals surface area contributed by atoms with Crippen LogP contribution in [0.25, 0.3) is 0 Å². The lowest BCUT2D eigenvalue weighted by atomic mass is 10.3. The summed E-state index contributed by atoms with van der Waals surface area (Å²) in [5.41, 5.74) is 3.92. The summed E-state index contributed by atoms with van der Waals surface area (Å²) in [7, 11) is 0. The molecule has 0 saturated carbocycles. The Kier molecular flexibility index (Phi) is 2.82. The number of hydrogen-bond donors (Lipinski definition) is 3. The van der Waals surface area contributed by atoms with Gasteiger partial charge in [0.2, 0.25) is 0 Å². The second kappa shape index (κ2) is 3.88. The van der Waals surface area contributed by atoms with Crippen molar-refractivity contribution >= 4 is 5.97 Å². The molecule has 0 bridgehead atoms. The highest BCUT2D eigenvalue weighted by Gasteiger charge is 2.13. The molecule has 14 heavy (non-hydrogen) atoms. The Bertz CT molecular complexity index is 418. The van der Waals surface area contributed by atoms with E-state index in [9.17, 15) is 14.4 Å². The Morgan fingerprint density at radius 3 is 2.79 bits per heavy atom. The van der Waals surface area contributed by atoms with Crippen molar-refractivity contribution in [3.63, 3.8) is 0 Å². The second-order valence-electron chi connectivity index (χ2n) is 2.68. The minimum absolute atomic E-state index is 0.343. The van der Waals surface area contributed by atoms with Gasteiger partial charge in [0.05, 0.1) is 6.54 Å². The van der Waals surface area contributed by atoms with Crippen LogP contribution < -0.4 is 17.0 Å². The van der Waals surface area contributed by atoms with E-state index < -0.39 is 23.3 Å². The average molecular weight is 199 g/mol. The quantitative estimate of drug-likeness (QED) is 0.517. The van der Waals surface area contributed by atoms with E-state index in [-0.39, 0.29) is 6.54 Å². The van der Waals surface area contributed by atoms with Crippen LogP contribution in [0, 0.1) is 0 Å². The maximum atomic E-state index is 11.1. The minimum atomic E-state index is -1.27. The lowest BCUT2D eigenvalue weighted by Gasteiger charge is -2.06. The molecule has 0 amide bonds. The zero-order valence-electron chi connectivity index (χ0n) is 7.14. The van der Waals surface area contributed by atoms with Crippen molar-refractivity contribution in [3.05, 3.63) is 33.1 Å². The van der Waals surface area contributed by atoms with E-state index >= 15 is 0 Å². The third-order valence-corrected chi connectivity index (χ3v) is 1.64. The predicted octanol–water partition coefficient (Wildman–Crippen LogP) is -2.05. The fourth-order valence-electron chi connectivity index (χ4n) is 0.900. The summed E-state index contributed by atoms with van der Waals surface area (Å²) in [6, 6.07) is -0.146. The first kappa shape index (κ1) is 10.2. The SMILES string of the molecule is N[C@@H](Cn1c(=O)cc[nH]c1=O)C(=O)O. The smallest absolute Gasteiger partial charge is 0.328 e. The molecule has 1 aromatic rings. The first-order valence-corrected chi connectivity index (χ1v) is 3.79. The fraction of sp³-hybridized carbons (Fsp3) is 0.286. The number of rotatable bonds is 3.